The Bertz CT molecular complexity index is 1410. The fourth-order valence-corrected chi connectivity index (χ4v) is 5.96. The predicted octanol–water partition coefficient (Wildman–Crippen LogP) is 1.75. The molecule has 43 heavy (non-hydrogen) atoms. The summed E-state index contributed by atoms with van der Waals surface area (Å²) >= 11 is 0. The first-order valence-corrected chi connectivity index (χ1v) is 20.8. The molecule has 1 fully saturated rings. The number of aromatic nitrogens is 1. The van der Waals surface area contributed by atoms with Gasteiger partial charge >= 0.3 is 11.9 Å². The van der Waals surface area contributed by atoms with E-state index in [2.05, 4.69) is 39.3 Å². The van der Waals surface area contributed by atoms with Gasteiger partial charge in [-0.1, -0.05) is 36.4 Å². The number of benzene rings is 2. The van der Waals surface area contributed by atoms with Crippen molar-refractivity contribution in [3.05, 3.63) is 102 Å². The molecule has 0 bridgehead atoms. The maximum atomic E-state index is 13.0. The van der Waals surface area contributed by atoms with Gasteiger partial charge in [-0.15, -0.1) is 0 Å². The molecule has 4 atom stereocenters. The number of rotatable bonds is 9. The van der Waals surface area contributed by atoms with Crippen LogP contribution in [0.5, 0.6) is 0 Å². The first kappa shape index (κ1) is 34.1. The lowest BCUT2D eigenvalue weighted by Gasteiger charge is -2.23. The number of aliphatic hydroxyl groups is 1. The zero-order valence-electron chi connectivity index (χ0n) is 25.3. The minimum Gasteiger partial charge on any atom is -1.00 e. The fourth-order valence-electron chi connectivity index (χ4n) is 4.35. The van der Waals surface area contributed by atoms with Crippen molar-refractivity contribution < 1.29 is 50.3 Å². The van der Waals surface area contributed by atoms with Crippen LogP contribution in [0.4, 0.5) is 0 Å². The zero-order chi connectivity index (χ0) is 30.5. The van der Waals surface area contributed by atoms with E-state index in [1.807, 2.05) is 12.1 Å². The van der Waals surface area contributed by atoms with Crippen molar-refractivity contribution in [1.29, 1.82) is 0 Å². The lowest BCUT2D eigenvalue weighted by atomic mass is 10.1. The Labute approximate surface area is 261 Å². The van der Waals surface area contributed by atoms with E-state index >= 15 is 0 Å². The minimum absolute atomic E-state index is 0. The number of carbonyl (C=O) groups is 2. The normalized spacial score (nSPS) is 20.6. The maximum absolute atomic E-state index is 13.0. The first-order valence-electron chi connectivity index (χ1n) is 13.9. The lowest BCUT2D eigenvalue weighted by Crippen LogP contribution is -3.00. The molecule has 3 aromatic rings. The molecule has 0 saturated carbocycles. The van der Waals surface area contributed by atoms with Crippen LogP contribution >= 0.6 is 0 Å². The van der Waals surface area contributed by atoms with Crippen LogP contribution in [0.2, 0.25) is 39.3 Å². The largest absolute Gasteiger partial charge is 1.00 e. The van der Waals surface area contributed by atoms with Crippen LogP contribution in [0.3, 0.4) is 0 Å². The molecule has 0 amide bonds. The van der Waals surface area contributed by atoms with E-state index in [4.69, 9.17) is 23.3 Å². The number of esters is 2. The van der Waals surface area contributed by atoms with Crippen molar-refractivity contribution in [2.45, 2.75) is 63.8 Å². The molecule has 230 valence electrons. The summed E-state index contributed by atoms with van der Waals surface area (Å²) in [5.41, 5.74) is 1.46. The number of carbonyl (C=O) groups excluding carboxylic acids is 2. The Morgan fingerprint density at radius 3 is 1.98 bits per heavy atom. The molecule has 9 nitrogen and oxygen atoms in total. The fraction of sp³-hybridized carbons (Fsp3) is 0.355. The zero-order valence-corrected chi connectivity index (χ0v) is 28.0. The summed E-state index contributed by atoms with van der Waals surface area (Å²) in [6.07, 6.45) is -0.647. The van der Waals surface area contributed by atoms with Crippen molar-refractivity contribution in [1.82, 2.24) is 0 Å². The van der Waals surface area contributed by atoms with Gasteiger partial charge in [0.2, 0.25) is 8.32 Å². The topological polar surface area (TPSA) is 108 Å². The van der Waals surface area contributed by atoms with Gasteiger partial charge in [0, 0.05) is 6.07 Å². The summed E-state index contributed by atoms with van der Waals surface area (Å²) in [6, 6.07) is 20.8. The molecule has 1 aromatic heterocycles. The summed E-state index contributed by atoms with van der Waals surface area (Å²) in [5, 5.41) is 11.4. The number of ether oxygens (including phenoxy) is 3. The van der Waals surface area contributed by atoms with E-state index in [1.165, 1.54) is 0 Å². The van der Waals surface area contributed by atoms with Gasteiger partial charge in [-0.2, -0.15) is 4.57 Å². The Morgan fingerprint density at radius 2 is 1.42 bits per heavy atom. The highest BCUT2D eigenvalue weighted by Gasteiger charge is 2.52. The van der Waals surface area contributed by atoms with E-state index < -0.39 is 53.0 Å². The number of halogens is 1. The van der Waals surface area contributed by atoms with E-state index in [9.17, 15) is 14.7 Å². The predicted molar refractivity (Wildman–Crippen MR) is 163 cm³/mol. The van der Waals surface area contributed by atoms with Crippen LogP contribution in [0, 0.1) is 0 Å². The van der Waals surface area contributed by atoms with E-state index in [0.717, 1.165) is 5.56 Å². The SMILES string of the molecule is C[Si](C)(C)N=C(O[Si](C)(C)C)c1ccc[n+]([C@@H]2O[C@H](COC(=O)c3ccccc3)[C@@H](OC(=O)c3ccccc3)[C@H]2O)c1.[Cl-]. The number of hydrogen-bond acceptors (Lipinski definition) is 8. The third-order valence-corrected chi connectivity index (χ3v) is 7.83. The molecule has 0 unspecified atom stereocenters. The van der Waals surface area contributed by atoms with Gasteiger partial charge in [-0.25, -0.2) is 9.59 Å². The summed E-state index contributed by atoms with van der Waals surface area (Å²) in [5.74, 6) is -0.596. The summed E-state index contributed by atoms with van der Waals surface area (Å²) in [6.45, 7) is 12.5. The van der Waals surface area contributed by atoms with Crippen LogP contribution < -0.4 is 17.0 Å². The Hall–Kier alpha value is -3.36. The second-order valence-corrected chi connectivity index (χ2v) is 21.1. The van der Waals surface area contributed by atoms with Gasteiger partial charge in [-0.3, -0.25) is 4.66 Å². The van der Waals surface area contributed by atoms with E-state index in [0.29, 0.717) is 17.0 Å². The molecule has 2 aromatic carbocycles. The molecule has 1 saturated heterocycles. The molecular weight excluding hydrogens is 604 g/mol. The molecule has 2 heterocycles. The highest BCUT2D eigenvalue weighted by atomic mass is 35.5. The monoisotopic (exact) mass is 642 g/mol. The third kappa shape index (κ3) is 9.57. The Kier molecular flexibility index (Phi) is 11.4. The standard InChI is InChI=1S/C31H39N2O7Si2.ClH/c1-41(2,3)32-28(40-42(4,5)6)24-18-13-19-33(20-24)29-26(34)27(39-31(36)23-16-11-8-12-17-23)25(38-29)21-37-30(35)22-14-9-7-10-15-22;/h7-20,25-27,29,34H,21H2,1-6H3;1H/q+1;/p-1/t25-,26-,27-,29-;/m1./s1. The number of nitrogens with zero attached hydrogens (tertiary/aromatic N) is 2. The molecule has 4 rings (SSSR count). The van der Waals surface area contributed by atoms with Crippen LogP contribution in [0.25, 0.3) is 0 Å². The van der Waals surface area contributed by atoms with Gasteiger partial charge in [0.15, 0.2) is 38.7 Å². The molecule has 0 radical (unpaired) electrons. The summed E-state index contributed by atoms with van der Waals surface area (Å²) in [7, 11) is -3.89. The Morgan fingerprint density at radius 1 is 0.860 bits per heavy atom. The number of hydrogen-bond donors (Lipinski definition) is 1. The van der Waals surface area contributed by atoms with Gasteiger partial charge in [-0.05, 0) is 69.6 Å². The maximum Gasteiger partial charge on any atom is 0.338 e. The molecule has 0 spiro atoms. The van der Waals surface area contributed by atoms with Gasteiger partial charge in [0.1, 0.15) is 12.7 Å². The first-order chi connectivity index (χ1) is 19.8. The van der Waals surface area contributed by atoms with E-state index in [1.54, 1.807) is 77.6 Å². The second kappa shape index (κ2) is 14.4. The summed E-state index contributed by atoms with van der Waals surface area (Å²) < 4.78 is 30.6. The van der Waals surface area contributed by atoms with Crippen molar-refractivity contribution in [3.63, 3.8) is 0 Å². The van der Waals surface area contributed by atoms with Crippen molar-refractivity contribution in [2.75, 3.05) is 6.61 Å². The molecule has 1 aliphatic rings. The van der Waals surface area contributed by atoms with Gasteiger partial charge < -0.3 is 36.2 Å². The van der Waals surface area contributed by atoms with Gasteiger partial charge in [0.25, 0.3) is 6.23 Å². The minimum atomic E-state index is -1.99. The average Bonchev–Trinajstić information content (AvgIpc) is 3.25. The molecule has 12 heteroatoms. The average molecular weight is 643 g/mol. The smallest absolute Gasteiger partial charge is 0.338 e. The van der Waals surface area contributed by atoms with Crippen LogP contribution in [0.15, 0.2) is 89.8 Å². The van der Waals surface area contributed by atoms with Crippen molar-refractivity contribution >= 4 is 34.4 Å². The highest BCUT2D eigenvalue weighted by molar-refractivity contribution is 6.76. The molecule has 0 aliphatic carbocycles. The molecular formula is C31H39ClN2O7Si2. The lowest BCUT2D eigenvalue weighted by molar-refractivity contribution is -0.765. The van der Waals surface area contributed by atoms with Crippen LogP contribution in [-0.4, -0.2) is 64.4 Å². The van der Waals surface area contributed by atoms with Crippen LogP contribution in [-0.2, 0) is 18.6 Å². The highest BCUT2D eigenvalue weighted by Crippen LogP contribution is 2.29. The molecule has 1 aliphatic heterocycles. The summed E-state index contributed by atoms with van der Waals surface area (Å²) in [4.78, 5) is 25.6. The quantitative estimate of drug-likeness (QED) is 0.125. The van der Waals surface area contributed by atoms with Gasteiger partial charge in [0.05, 0.1) is 16.7 Å². The van der Waals surface area contributed by atoms with Crippen molar-refractivity contribution in [2.24, 2.45) is 4.66 Å². The van der Waals surface area contributed by atoms with E-state index in [-0.39, 0.29) is 19.0 Å². The molecule has 1 N–H and O–H groups in total. The number of pyridine rings is 1. The third-order valence-electron chi connectivity index (χ3n) is 6.15. The number of aliphatic hydroxyl groups excluding tert-OH is 1. The van der Waals surface area contributed by atoms with Crippen molar-refractivity contribution in [3.8, 4) is 0 Å². The second-order valence-electron chi connectivity index (χ2n) is 12.1. The Balaban J connectivity index is 0.00000506. The van der Waals surface area contributed by atoms with Crippen LogP contribution in [0.1, 0.15) is 32.5 Å².